The minimum atomic E-state index is -4.80. The fraction of sp³-hybridized carbons (Fsp3) is 0.529. The van der Waals surface area contributed by atoms with Crippen molar-refractivity contribution in [1.82, 2.24) is 10.2 Å². The highest BCUT2D eigenvalue weighted by Gasteiger charge is 2.43. The summed E-state index contributed by atoms with van der Waals surface area (Å²) in [6.07, 6.45) is -3.82. The monoisotopic (exact) mass is 390 g/mol. The molecule has 1 aliphatic heterocycles. The van der Waals surface area contributed by atoms with E-state index in [-0.39, 0.29) is 25.1 Å². The number of carbonyl (C=O) groups is 2. The Morgan fingerprint density at radius 2 is 1.92 bits per heavy atom. The van der Waals surface area contributed by atoms with E-state index in [2.05, 4.69) is 5.32 Å². The highest BCUT2D eigenvalue weighted by molar-refractivity contribution is 7.99. The van der Waals surface area contributed by atoms with Gasteiger partial charge in [-0.25, -0.2) is 4.79 Å². The van der Waals surface area contributed by atoms with Crippen LogP contribution < -0.4 is 5.32 Å². The molecule has 26 heavy (non-hydrogen) atoms. The molecule has 144 valence electrons. The van der Waals surface area contributed by atoms with Gasteiger partial charge < -0.3 is 15.0 Å². The number of nitrogens with one attached hydrogen (secondary N) is 1. The van der Waals surface area contributed by atoms with Gasteiger partial charge in [-0.15, -0.1) is 11.8 Å². The first kappa shape index (κ1) is 20.6. The number of carbonyl (C=O) groups excluding carboxylic acids is 2. The third-order valence-corrected chi connectivity index (χ3v) is 5.18. The van der Waals surface area contributed by atoms with Crippen molar-refractivity contribution in [2.45, 2.75) is 30.0 Å². The highest BCUT2D eigenvalue weighted by Crippen LogP contribution is 2.24. The van der Waals surface area contributed by atoms with Gasteiger partial charge in [0.05, 0.1) is 12.7 Å². The predicted octanol–water partition coefficient (Wildman–Crippen LogP) is 2.71. The third-order valence-electron chi connectivity index (χ3n) is 4.11. The zero-order valence-electron chi connectivity index (χ0n) is 14.3. The maximum Gasteiger partial charge on any atom is 0.471 e. The number of halogens is 3. The first-order valence-electron chi connectivity index (χ1n) is 8.22. The van der Waals surface area contributed by atoms with Crippen molar-refractivity contribution < 1.29 is 27.5 Å². The van der Waals surface area contributed by atoms with Gasteiger partial charge in [-0.05, 0) is 25.0 Å². The second-order valence-electron chi connectivity index (χ2n) is 5.85. The van der Waals surface area contributed by atoms with Crippen molar-refractivity contribution >= 4 is 23.6 Å². The van der Waals surface area contributed by atoms with Gasteiger partial charge in [-0.1, -0.05) is 12.1 Å². The number of thioether (sulfide) groups is 1. The third kappa shape index (κ3) is 5.63. The molecule has 0 spiro atoms. The average Bonchev–Trinajstić information content (AvgIpc) is 2.64. The van der Waals surface area contributed by atoms with Crippen LogP contribution in [-0.4, -0.2) is 61.5 Å². The highest BCUT2D eigenvalue weighted by atomic mass is 32.2. The maximum absolute atomic E-state index is 12.4. The lowest BCUT2D eigenvalue weighted by molar-refractivity contribution is -0.186. The van der Waals surface area contributed by atoms with E-state index in [0.29, 0.717) is 30.7 Å². The number of hydrogen-bond donors (Lipinski definition) is 1. The van der Waals surface area contributed by atoms with Crippen molar-refractivity contribution in [2.24, 2.45) is 0 Å². The maximum atomic E-state index is 12.4. The quantitative estimate of drug-likeness (QED) is 0.460. The Kier molecular flexibility index (Phi) is 7.33. The van der Waals surface area contributed by atoms with E-state index in [0.717, 1.165) is 9.80 Å². The van der Waals surface area contributed by atoms with Gasteiger partial charge in [-0.2, -0.15) is 13.2 Å². The molecular formula is C17H21F3N2O3S. The molecule has 1 amide bonds. The molecule has 1 heterocycles. The predicted molar refractivity (Wildman–Crippen MR) is 92.2 cm³/mol. The summed E-state index contributed by atoms with van der Waals surface area (Å²) in [5.41, 5.74) is 0.513. The molecule has 2 rings (SSSR count). The number of likely N-dealkylation sites (tertiary alicyclic amines) is 1. The van der Waals surface area contributed by atoms with Crippen LogP contribution in [0.2, 0.25) is 0 Å². The van der Waals surface area contributed by atoms with Crippen LogP contribution in [0.5, 0.6) is 0 Å². The molecular weight excluding hydrogens is 369 g/mol. The second kappa shape index (κ2) is 9.27. The molecule has 0 atom stereocenters. The van der Waals surface area contributed by atoms with Gasteiger partial charge in [-0.3, -0.25) is 4.79 Å². The summed E-state index contributed by atoms with van der Waals surface area (Å²) in [6, 6.07) is 7.25. The lowest BCUT2D eigenvalue weighted by Crippen LogP contribution is -2.49. The second-order valence-corrected chi connectivity index (χ2v) is 6.99. The molecule has 5 nitrogen and oxygen atoms in total. The zero-order valence-corrected chi connectivity index (χ0v) is 15.2. The summed E-state index contributed by atoms with van der Waals surface area (Å²) in [6.45, 7) is 0.862. The number of amides is 1. The fourth-order valence-corrected chi connectivity index (χ4v) is 3.68. The number of nitrogens with zero attached hydrogens (tertiary/aromatic N) is 1. The Balaban J connectivity index is 1.72. The minimum absolute atomic E-state index is 0.0868. The number of ether oxygens (including phenoxy) is 1. The van der Waals surface area contributed by atoms with Crippen molar-refractivity contribution in [1.29, 1.82) is 0 Å². The number of esters is 1. The molecule has 9 heteroatoms. The molecule has 0 unspecified atom stereocenters. The Morgan fingerprint density at radius 3 is 2.54 bits per heavy atom. The van der Waals surface area contributed by atoms with Crippen LogP contribution in [0.3, 0.4) is 0 Å². The lowest BCUT2D eigenvalue weighted by atomic mass is 10.1. The first-order chi connectivity index (χ1) is 12.3. The Labute approximate surface area is 154 Å². The van der Waals surface area contributed by atoms with Gasteiger partial charge >= 0.3 is 18.1 Å². The number of alkyl halides is 3. The van der Waals surface area contributed by atoms with Crippen LogP contribution in [0.1, 0.15) is 23.2 Å². The van der Waals surface area contributed by atoms with Crippen LogP contribution in [0.15, 0.2) is 29.2 Å². The van der Waals surface area contributed by atoms with Gasteiger partial charge in [0.25, 0.3) is 0 Å². The molecule has 0 aliphatic carbocycles. The van der Waals surface area contributed by atoms with E-state index in [4.69, 9.17) is 4.74 Å². The normalized spacial score (nSPS) is 15.8. The molecule has 1 aliphatic rings. The lowest BCUT2D eigenvalue weighted by Gasteiger charge is -2.32. The van der Waals surface area contributed by atoms with Crippen LogP contribution in [0.4, 0.5) is 13.2 Å². The Morgan fingerprint density at radius 1 is 1.27 bits per heavy atom. The first-order valence-corrected chi connectivity index (χ1v) is 9.21. The van der Waals surface area contributed by atoms with Gasteiger partial charge in [0.1, 0.15) is 0 Å². The van der Waals surface area contributed by atoms with Crippen LogP contribution in [0, 0.1) is 0 Å². The average molecular weight is 390 g/mol. The summed E-state index contributed by atoms with van der Waals surface area (Å²) < 4.78 is 42.0. The standard InChI is InChI=1S/C17H21F3N2O3S/c1-25-15(23)13-4-2-3-5-14(13)26-11-8-21-12-6-9-22(10-7-12)16(24)17(18,19)20/h2-5,12,21H,6-11H2,1H3. The molecule has 1 fully saturated rings. The minimum Gasteiger partial charge on any atom is -0.465 e. The molecule has 1 aromatic rings. The topological polar surface area (TPSA) is 58.6 Å². The van der Waals surface area contributed by atoms with Crippen molar-refractivity contribution in [3.8, 4) is 0 Å². The van der Waals surface area contributed by atoms with Crippen LogP contribution in [-0.2, 0) is 9.53 Å². The van der Waals surface area contributed by atoms with Gasteiger partial charge in [0.2, 0.25) is 0 Å². The molecule has 0 bridgehead atoms. The van der Waals surface area contributed by atoms with Crippen molar-refractivity contribution in [3.63, 3.8) is 0 Å². The fourth-order valence-electron chi connectivity index (χ4n) is 2.76. The molecule has 0 saturated carbocycles. The number of benzene rings is 1. The van der Waals surface area contributed by atoms with Gasteiger partial charge in [0, 0.05) is 36.3 Å². The molecule has 1 saturated heterocycles. The van der Waals surface area contributed by atoms with E-state index >= 15 is 0 Å². The number of piperidine rings is 1. The molecule has 1 aromatic carbocycles. The Hall–Kier alpha value is -1.74. The van der Waals surface area contributed by atoms with E-state index in [1.807, 2.05) is 12.1 Å². The Bertz CT molecular complexity index is 632. The summed E-state index contributed by atoms with van der Waals surface area (Å²) >= 11 is 1.51. The van der Waals surface area contributed by atoms with E-state index in [1.165, 1.54) is 18.9 Å². The zero-order chi connectivity index (χ0) is 19.2. The number of rotatable bonds is 6. The van der Waals surface area contributed by atoms with Crippen molar-refractivity contribution in [3.05, 3.63) is 29.8 Å². The largest absolute Gasteiger partial charge is 0.471 e. The van der Waals surface area contributed by atoms with E-state index in [1.54, 1.807) is 12.1 Å². The van der Waals surface area contributed by atoms with Gasteiger partial charge in [0.15, 0.2) is 0 Å². The summed E-state index contributed by atoms with van der Waals surface area (Å²) in [5.74, 6) is -1.44. The molecule has 0 radical (unpaired) electrons. The molecule has 1 N–H and O–H groups in total. The van der Waals surface area contributed by atoms with Crippen LogP contribution >= 0.6 is 11.8 Å². The summed E-state index contributed by atoms with van der Waals surface area (Å²) in [7, 11) is 1.33. The van der Waals surface area contributed by atoms with Crippen LogP contribution in [0.25, 0.3) is 0 Å². The summed E-state index contributed by atoms with van der Waals surface area (Å²) in [5, 5.41) is 3.30. The van der Waals surface area contributed by atoms with E-state index in [9.17, 15) is 22.8 Å². The smallest absolute Gasteiger partial charge is 0.465 e. The number of hydrogen-bond acceptors (Lipinski definition) is 5. The van der Waals surface area contributed by atoms with E-state index < -0.39 is 12.1 Å². The molecule has 0 aromatic heterocycles. The van der Waals surface area contributed by atoms with Crippen molar-refractivity contribution in [2.75, 3.05) is 32.5 Å². The SMILES string of the molecule is COC(=O)c1ccccc1SCCNC1CCN(C(=O)C(F)(F)F)CC1. The summed E-state index contributed by atoms with van der Waals surface area (Å²) in [4.78, 5) is 24.6. The number of methoxy groups -OCH3 is 1.